The summed E-state index contributed by atoms with van der Waals surface area (Å²) in [5.41, 5.74) is 2.36. The summed E-state index contributed by atoms with van der Waals surface area (Å²) >= 11 is 0. The Morgan fingerprint density at radius 2 is 1.58 bits per heavy atom. The number of Topliss-reactive ketones (excluding diaryl/α,β-unsaturated/α-hetero) is 1. The molecule has 11 nitrogen and oxygen atoms in total. The normalized spacial score (nSPS) is 17.9. The highest BCUT2D eigenvalue weighted by Crippen LogP contribution is 2.32. The van der Waals surface area contributed by atoms with Crippen LogP contribution in [0.1, 0.15) is 70.5 Å². The molecule has 272 valence electrons. The standard InChI is InChI=1S/C40H44FN5O6/c1-24(47)45-20-9-13-32(45)37(49)42-28-17-15-27(16-18-28)35-34(41)29-22-25(14-19-30(29)43-35)23-33(48)31-12-8-21-46(31)38(50)36(26-10-6-5-7-11-26)44-39(51)52-40(2,3)4/h5-7,10-11,14-19,22,31-32,36,43H,8-9,12-13,20-21,23H2,1-4H3,(H,42,49)(H,44,51)/t31-,32-,36-/m0/s1. The summed E-state index contributed by atoms with van der Waals surface area (Å²) in [5.74, 6) is -1.43. The van der Waals surface area contributed by atoms with Crippen molar-refractivity contribution in [1.29, 1.82) is 0 Å². The van der Waals surface area contributed by atoms with Crippen LogP contribution in [0.2, 0.25) is 0 Å². The van der Waals surface area contributed by atoms with E-state index in [9.17, 15) is 24.0 Å². The SMILES string of the molecule is CC(=O)N1CCC[C@H]1C(=O)Nc1ccc(-c2[nH]c3ccc(CC(=O)[C@@H]4CCCN4C(=O)[C@@H](NC(=O)OC(C)(C)C)c4ccccc4)cc3c2F)cc1. The van der Waals surface area contributed by atoms with E-state index in [4.69, 9.17) is 4.74 Å². The molecule has 0 spiro atoms. The Labute approximate surface area is 301 Å². The Balaban J connectivity index is 1.14. The van der Waals surface area contributed by atoms with Gasteiger partial charge in [-0.25, -0.2) is 9.18 Å². The van der Waals surface area contributed by atoms with Gasteiger partial charge in [0, 0.05) is 48.6 Å². The number of likely N-dealkylation sites (tertiary alicyclic amines) is 2. The summed E-state index contributed by atoms with van der Waals surface area (Å²) < 4.78 is 21.3. The molecule has 4 aromatic rings. The Kier molecular flexibility index (Phi) is 10.5. The number of aromatic amines is 1. The molecule has 12 heteroatoms. The maximum Gasteiger partial charge on any atom is 0.408 e. The van der Waals surface area contributed by atoms with Crippen molar-refractivity contribution in [2.24, 2.45) is 0 Å². The Bertz CT molecular complexity index is 1990. The monoisotopic (exact) mass is 709 g/mol. The van der Waals surface area contributed by atoms with Gasteiger partial charge in [0.2, 0.25) is 11.8 Å². The Hall–Kier alpha value is -5.52. The highest BCUT2D eigenvalue weighted by molar-refractivity contribution is 5.98. The second-order valence-corrected chi connectivity index (χ2v) is 14.5. The summed E-state index contributed by atoms with van der Waals surface area (Å²) in [5, 5.41) is 5.89. The maximum atomic E-state index is 15.9. The summed E-state index contributed by atoms with van der Waals surface area (Å²) in [6.07, 6.45) is 1.75. The minimum absolute atomic E-state index is 0.00369. The van der Waals surface area contributed by atoms with Crippen molar-refractivity contribution < 1.29 is 33.1 Å². The number of halogens is 1. The van der Waals surface area contributed by atoms with Crippen LogP contribution in [-0.2, 0) is 30.3 Å². The van der Waals surface area contributed by atoms with Gasteiger partial charge in [-0.1, -0.05) is 48.5 Å². The largest absolute Gasteiger partial charge is 0.444 e. The van der Waals surface area contributed by atoms with E-state index in [0.717, 1.165) is 6.42 Å². The molecule has 4 amide bonds. The third-order valence-corrected chi connectivity index (χ3v) is 9.53. The number of nitrogens with one attached hydrogen (secondary N) is 3. The van der Waals surface area contributed by atoms with Gasteiger partial charge in [0.05, 0.1) is 11.7 Å². The first-order valence-corrected chi connectivity index (χ1v) is 17.7. The highest BCUT2D eigenvalue weighted by atomic mass is 19.1. The van der Waals surface area contributed by atoms with Crippen LogP contribution >= 0.6 is 0 Å². The molecule has 3 aromatic carbocycles. The molecular weight excluding hydrogens is 665 g/mol. The van der Waals surface area contributed by atoms with Gasteiger partial charge in [0.15, 0.2) is 11.6 Å². The van der Waals surface area contributed by atoms with E-state index < -0.39 is 41.5 Å². The van der Waals surface area contributed by atoms with Crippen molar-refractivity contribution in [3.05, 3.63) is 89.7 Å². The van der Waals surface area contributed by atoms with E-state index in [1.807, 2.05) is 6.07 Å². The van der Waals surface area contributed by atoms with Crippen LogP contribution in [0.25, 0.3) is 22.2 Å². The summed E-state index contributed by atoms with van der Waals surface area (Å²) in [6.45, 7) is 7.60. The van der Waals surface area contributed by atoms with E-state index >= 15 is 4.39 Å². The van der Waals surface area contributed by atoms with Gasteiger partial charge >= 0.3 is 6.09 Å². The molecule has 52 heavy (non-hydrogen) atoms. The van der Waals surface area contributed by atoms with Gasteiger partial charge in [0.25, 0.3) is 5.91 Å². The number of amides is 4. The molecule has 0 unspecified atom stereocenters. The van der Waals surface area contributed by atoms with E-state index in [0.29, 0.717) is 65.6 Å². The molecule has 3 atom stereocenters. The molecular formula is C40H44FN5O6. The van der Waals surface area contributed by atoms with Gasteiger partial charge in [-0.05, 0) is 81.8 Å². The topological polar surface area (TPSA) is 141 Å². The number of hydrogen-bond acceptors (Lipinski definition) is 6. The minimum Gasteiger partial charge on any atom is -0.444 e. The summed E-state index contributed by atoms with van der Waals surface area (Å²) in [7, 11) is 0. The lowest BCUT2D eigenvalue weighted by molar-refractivity contribution is -0.139. The van der Waals surface area contributed by atoms with E-state index in [-0.39, 0.29) is 29.7 Å². The van der Waals surface area contributed by atoms with Crippen LogP contribution in [0.15, 0.2) is 72.8 Å². The molecule has 2 aliphatic rings. The highest BCUT2D eigenvalue weighted by Gasteiger charge is 2.38. The Morgan fingerprint density at radius 1 is 0.904 bits per heavy atom. The second-order valence-electron chi connectivity index (χ2n) is 14.5. The van der Waals surface area contributed by atoms with Crippen molar-refractivity contribution in [1.82, 2.24) is 20.1 Å². The van der Waals surface area contributed by atoms with Crippen LogP contribution in [0.4, 0.5) is 14.9 Å². The number of alkyl carbamates (subject to hydrolysis) is 1. The maximum absolute atomic E-state index is 15.9. The molecule has 2 saturated heterocycles. The van der Waals surface area contributed by atoms with Crippen molar-refractivity contribution >= 4 is 46.2 Å². The zero-order valence-corrected chi connectivity index (χ0v) is 29.8. The number of carbonyl (C=O) groups excluding carboxylic acids is 5. The molecule has 1 aromatic heterocycles. The smallest absolute Gasteiger partial charge is 0.408 e. The first kappa shape index (κ1) is 36.3. The number of ketones is 1. The molecule has 6 rings (SSSR count). The molecule has 0 saturated carbocycles. The van der Waals surface area contributed by atoms with Crippen LogP contribution in [0.3, 0.4) is 0 Å². The number of fused-ring (bicyclic) bond motifs is 1. The van der Waals surface area contributed by atoms with Crippen molar-refractivity contribution in [2.45, 2.75) is 83.5 Å². The fraction of sp³-hybridized carbons (Fsp3) is 0.375. The summed E-state index contributed by atoms with van der Waals surface area (Å²) in [4.78, 5) is 71.4. The molecule has 0 bridgehead atoms. The van der Waals surface area contributed by atoms with Gasteiger partial charge in [0.1, 0.15) is 17.7 Å². The predicted molar refractivity (Wildman–Crippen MR) is 195 cm³/mol. The zero-order chi connectivity index (χ0) is 37.2. The average molecular weight is 710 g/mol. The number of rotatable bonds is 9. The van der Waals surface area contributed by atoms with E-state index in [1.165, 1.54) is 11.8 Å². The quantitative estimate of drug-likeness (QED) is 0.187. The van der Waals surface area contributed by atoms with E-state index in [2.05, 4.69) is 15.6 Å². The zero-order valence-electron chi connectivity index (χ0n) is 29.8. The number of anilines is 1. The molecule has 3 N–H and O–H groups in total. The van der Waals surface area contributed by atoms with Crippen LogP contribution in [-0.4, -0.2) is 75.2 Å². The lowest BCUT2D eigenvalue weighted by Crippen LogP contribution is -2.48. The summed E-state index contributed by atoms with van der Waals surface area (Å²) in [6, 6.07) is 18.6. The lowest BCUT2D eigenvalue weighted by Gasteiger charge is -2.29. The number of nitrogens with zero attached hydrogens (tertiary/aromatic N) is 2. The minimum atomic E-state index is -1.04. The molecule has 0 aliphatic carbocycles. The van der Waals surface area contributed by atoms with Gasteiger partial charge < -0.3 is 30.2 Å². The molecule has 3 heterocycles. The molecule has 0 radical (unpaired) electrons. The second kappa shape index (κ2) is 15.0. The number of carbonyl (C=O) groups is 5. The van der Waals surface area contributed by atoms with Crippen LogP contribution in [0, 0.1) is 5.82 Å². The fourth-order valence-corrected chi connectivity index (χ4v) is 7.09. The number of aromatic nitrogens is 1. The Morgan fingerprint density at radius 3 is 2.25 bits per heavy atom. The number of hydrogen-bond donors (Lipinski definition) is 3. The van der Waals surface area contributed by atoms with Crippen molar-refractivity contribution in [3.8, 4) is 11.3 Å². The molecule has 2 fully saturated rings. The van der Waals surface area contributed by atoms with Crippen LogP contribution < -0.4 is 10.6 Å². The van der Waals surface area contributed by atoms with E-state index in [1.54, 1.807) is 92.4 Å². The first-order chi connectivity index (χ1) is 24.8. The molecule has 2 aliphatic heterocycles. The number of ether oxygens (including phenoxy) is 1. The third-order valence-electron chi connectivity index (χ3n) is 9.53. The predicted octanol–water partition coefficient (Wildman–Crippen LogP) is 6.29. The lowest BCUT2D eigenvalue weighted by atomic mass is 9.99. The average Bonchev–Trinajstić information content (AvgIpc) is 3.87. The number of H-pyrrole nitrogens is 1. The third kappa shape index (κ3) is 8.01. The number of benzene rings is 3. The fourth-order valence-electron chi connectivity index (χ4n) is 7.09. The van der Waals surface area contributed by atoms with Crippen molar-refractivity contribution in [2.75, 3.05) is 18.4 Å². The first-order valence-electron chi connectivity index (χ1n) is 17.7. The van der Waals surface area contributed by atoms with Crippen LogP contribution in [0.5, 0.6) is 0 Å². The van der Waals surface area contributed by atoms with Gasteiger partial charge in [-0.2, -0.15) is 0 Å². The van der Waals surface area contributed by atoms with Gasteiger partial charge in [-0.15, -0.1) is 0 Å². The van der Waals surface area contributed by atoms with Gasteiger partial charge in [-0.3, -0.25) is 19.2 Å². The van der Waals surface area contributed by atoms with Crippen molar-refractivity contribution in [3.63, 3.8) is 0 Å².